The number of nitrogens with zero attached hydrogens (tertiary/aromatic N) is 2. The lowest BCUT2D eigenvalue weighted by molar-refractivity contribution is -0.151. The Balaban J connectivity index is 1.45. The van der Waals surface area contributed by atoms with Gasteiger partial charge in [-0.1, -0.05) is 24.3 Å². The van der Waals surface area contributed by atoms with Crippen LogP contribution in [0.25, 0.3) is 0 Å². The summed E-state index contributed by atoms with van der Waals surface area (Å²) in [5.41, 5.74) is 3.80. The van der Waals surface area contributed by atoms with Crippen LogP contribution in [0.5, 0.6) is 0 Å². The van der Waals surface area contributed by atoms with Crippen LogP contribution < -0.4 is 4.90 Å². The Hall–Kier alpha value is -2.30. The number of anilines is 1. The molecule has 1 aromatic carbocycles. The molecule has 0 spiro atoms. The van der Waals surface area contributed by atoms with Crippen molar-refractivity contribution in [1.82, 2.24) is 4.90 Å². The van der Waals surface area contributed by atoms with Gasteiger partial charge < -0.3 is 14.9 Å². The first-order valence-electron chi connectivity index (χ1n) is 9.48. The van der Waals surface area contributed by atoms with E-state index in [4.69, 9.17) is 0 Å². The molecule has 5 heteroatoms. The zero-order valence-corrected chi connectivity index (χ0v) is 15.4. The monoisotopic (exact) mass is 354 g/mol. The van der Waals surface area contributed by atoms with Gasteiger partial charge in [-0.05, 0) is 49.3 Å². The van der Waals surface area contributed by atoms with E-state index in [0.29, 0.717) is 13.1 Å². The summed E-state index contributed by atoms with van der Waals surface area (Å²) in [5.74, 6) is -1.58. The van der Waals surface area contributed by atoms with Gasteiger partial charge in [0.15, 0.2) is 0 Å². The predicted molar refractivity (Wildman–Crippen MR) is 100 cm³/mol. The molecule has 4 atom stereocenters. The maximum Gasteiger partial charge on any atom is 0.307 e. The van der Waals surface area contributed by atoms with Crippen molar-refractivity contribution in [3.63, 3.8) is 0 Å². The van der Waals surface area contributed by atoms with E-state index >= 15 is 0 Å². The molecule has 3 aliphatic rings. The molecule has 1 heterocycles. The standard InChI is InChI=1S/C21H26N2O3/c1-13-4-3-5-17(14(13)2)22-8-10-23(11-9-22)20(24)18-15-6-7-16(12-15)19(18)21(25)26/h3-7,15-16,18-19H,8-12H2,1-2H3,(H,25,26)/t15-,16-,18+,19-/m0/s1. The van der Waals surface area contributed by atoms with Crippen LogP contribution in [0.3, 0.4) is 0 Å². The van der Waals surface area contributed by atoms with Crippen LogP contribution in [0.4, 0.5) is 5.69 Å². The molecule has 5 nitrogen and oxygen atoms in total. The second kappa shape index (κ2) is 6.45. The quantitative estimate of drug-likeness (QED) is 0.847. The van der Waals surface area contributed by atoms with Gasteiger partial charge in [0, 0.05) is 31.9 Å². The molecular formula is C21H26N2O3. The maximum absolute atomic E-state index is 13.1. The number of aryl methyl sites for hydroxylation is 1. The van der Waals surface area contributed by atoms with Crippen molar-refractivity contribution in [3.05, 3.63) is 41.5 Å². The lowest BCUT2D eigenvalue weighted by Crippen LogP contribution is -2.52. The fourth-order valence-electron chi connectivity index (χ4n) is 4.95. The number of hydrogen-bond donors (Lipinski definition) is 1. The molecule has 1 saturated carbocycles. The SMILES string of the molecule is Cc1cccc(N2CCN(C(=O)[C@H]3[C@@H](C(=O)O)[C@H]4C=C[C@H]3C4)CC2)c1C. The second-order valence-corrected chi connectivity index (χ2v) is 7.87. The topological polar surface area (TPSA) is 60.9 Å². The van der Waals surface area contributed by atoms with E-state index in [0.717, 1.165) is 19.5 Å². The fraction of sp³-hybridized carbons (Fsp3) is 0.524. The molecule has 1 N–H and O–H groups in total. The lowest BCUT2D eigenvalue weighted by atomic mass is 9.82. The van der Waals surface area contributed by atoms with Gasteiger partial charge in [0.1, 0.15) is 0 Å². The molecule has 0 aromatic heterocycles. The Morgan fingerprint density at radius 3 is 2.31 bits per heavy atom. The molecule has 2 bridgehead atoms. The molecule has 138 valence electrons. The lowest BCUT2D eigenvalue weighted by Gasteiger charge is -2.39. The summed E-state index contributed by atoms with van der Waals surface area (Å²) < 4.78 is 0. The molecule has 2 aliphatic carbocycles. The van der Waals surface area contributed by atoms with Gasteiger partial charge in [-0.15, -0.1) is 0 Å². The van der Waals surface area contributed by atoms with Crippen LogP contribution in [0.2, 0.25) is 0 Å². The molecule has 1 aromatic rings. The number of fused-ring (bicyclic) bond motifs is 2. The average Bonchev–Trinajstić information content (AvgIpc) is 3.25. The number of piperazine rings is 1. The van der Waals surface area contributed by atoms with E-state index in [1.165, 1.54) is 16.8 Å². The molecule has 1 amide bonds. The second-order valence-electron chi connectivity index (χ2n) is 7.87. The van der Waals surface area contributed by atoms with Crippen LogP contribution in [-0.4, -0.2) is 48.1 Å². The molecule has 4 rings (SSSR count). The molecule has 1 saturated heterocycles. The highest BCUT2D eigenvalue weighted by molar-refractivity contribution is 5.87. The van der Waals surface area contributed by atoms with Gasteiger partial charge in [-0.2, -0.15) is 0 Å². The minimum Gasteiger partial charge on any atom is -0.481 e. The molecule has 1 aliphatic heterocycles. The van der Waals surface area contributed by atoms with Crippen molar-refractivity contribution in [1.29, 1.82) is 0 Å². The first kappa shape index (κ1) is 17.1. The highest BCUT2D eigenvalue weighted by Crippen LogP contribution is 2.48. The summed E-state index contributed by atoms with van der Waals surface area (Å²) in [4.78, 5) is 29.0. The highest BCUT2D eigenvalue weighted by atomic mass is 16.4. The largest absolute Gasteiger partial charge is 0.481 e. The van der Waals surface area contributed by atoms with Crippen molar-refractivity contribution >= 4 is 17.6 Å². The number of amides is 1. The number of benzene rings is 1. The summed E-state index contributed by atoms with van der Waals surface area (Å²) in [6, 6.07) is 6.34. The average molecular weight is 354 g/mol. The predicted octanol–water partition coefficient (Wildman–Crippen LogP) is 2.47. The summed E-state index contributed by atoms with van der Waals surface area (Å²) in [6.07, 6.45) is 4.86. The maximum atomic E-state index is 13.1. The van der Waals surface area contributed by atoms with Crippen LogP contribution in [0.15, 0.2) is 30.4 Å². The Morgan fingerprint density at radius 2 is 1.65 bits per heavy atom. The van der Waals surface area contributed by atoms with E-state index in [1.807, 2.05) is 11.0 Å². The number of carbonyl (C=O) groups is 2. The van der Waals surface area contributed by atoms with E-state index < -0.39 is 11.9 Å². The number of allylic oxidation sites excluding steroid dienone is 2. The number of carbonyl (C=O) groups excluding carboxylic acids is 1. The van der Waals surface area contributed by atoms with Gasteiger partial charge in [0.05, 0.1) is 11.8 Å². The van der Waals surface area contributed by atoms with E-state index in [9.17, 15) is 14.7 Å². The third kappa shape index (κ3) is 2.70. The molecule has 0 radical (unpaired) electrons. The van der Waals surface area contributed by atoms with Crippen LogP contribution in [-0.2, 0) is 9.59 Å². The normalized spacial score (nSPS) is 30.1. The van der Waals surface area contributed by atoms with E-state index in [-0.39, 0.29) is 23.7 Å². The van der Waals surface area contributed by atoms with Crippen molar-refractivity contribution in [2.75, 3.05) is 31.1 Å². The van der Waals surface area contributed by atoms with Crippen LogP contribution in [0, 0.1) is 37.5 Å². The summed E-state index contributed by atoms with van der Waals surface area (Å²) in [7, 11) is 0. The van der Waals surface area contributed by atoms with Gasteiger partial charge in [-0.3, -0.25) is 9.59 Å². The molecule has 0 unspecified atom stereocenters. The Bertz CT molecular complexity index is 765. The summed E-state index contributed by atoms with van der Waals surface area (Å²) in [6.45, 7) is 7.18. The Labute approximate surface area is 154 Å². The Morgan fingerprint density at radius 1 is 1.00 bits per heavy atom. The number of carboxylic acid groups (broad SMARTS) is 1. The van der Waals surface area contributed by atoms with Crippen molar-refractivity contribution in [2.24, 2.45) is 23.7 Å². The van der Waals surface area contributed by atoms with Gasteiger partial charge in [0.2, 0.25) is 5.91 Å². The summed E-state index contributed by atoms with van der Waals surface area (Å²) >= 11 is 0. The number of hydrogen-bond acceptors (Lipinski definition) is 3. The van der Waals surface area contributed by atoms with Crippen LogP contribution in [0.1, 0.15) is 17.5 Å². The summed E-state index contributed by atoms with van der Waals surface area (Å²) in [5, 5.41) is 9.59. The Kier molecular flexibility index (Phi) is 4.25. The van der Waals surface area contributed by atoms with Gasteiger partial charge in [-0.25, -0.2) is 0 Å². The van der Waals surface area contributed by atoms with Gasteiger partial charge in [0.25, 0.3) is 0 Å². The highest BCUT2D eigenvalue weighted by Gasteiger charge is 2.52. The third-order valence-electron chi connectivity index (χ3n) is 6.54. The number of aliphatic carboxylic acids is 1. The minimum absolute atomic E-state index is 0.0303. The van der Waals surface area contributed by atoms with Crippen molar-refractivity contribution < 1.29 is 14.7 Å². The molecule has 26 heavy (non-hydrogen) atoms. The third-order valence-corrected chi connectivity index (χ3v) is 6.54. The zero-order valence-electron chi connectivity index (χ0n) is 15.4. The number of rotatable bonds is 3. The number of carboxylic acids is 1. The zero-order chi connectivity index (χ0) is 18.4. The first-order chi connectivity index (χ1) is 12.5. The smallest absolute Gasteiger partial charge is 0.307 e. The van der Waals surface area contributed by atoms with Crippen molar-refractivity contribution in [3.8, 4) is 0 Å². The van der Waals surface area contributed by atoms with Crippen LogP contribution >= 0.6 is 0 Å². The van der Waals surface area contributed by atoms with Gasteiger partial charge >= 0.3 is 5.97 Å². The van der Waals surface area contributed by atoms with E-state index in [2.05, 4.69) is 43.0 Å². The molecule has 2 fully saturated rings. The fourth-order valence-corrected chi connectivity index (χ4v) is 4.95. The van der Waals surface area contributed by atoms with Crippen molar-refractivity contribution in [2.45, 2.75) is 20.3 Å². The molecular weight excluding hydrogens is 328 g/mol. The minimum atomic E-state index is -0.825. The van der Waals surface area contributed by atoms with E-state index in [1.54, 1.807) is 0 Å². The first-order valence-corrected chi connectivity index (χ1v) is 9.48.